The molecule has 1 aliphatic rings. The Hall–Kier alpha value is -8.13. The number of ether oxygens (including phenoxy) is 2. The lowest BCUT2D eigenvalue weighted by atomic mass is 10.2. The predicted molar refractivity (Wildman–Crippen MR) is 342 cm³/mol. The van der Waals surface area contributed by atoms with Crippen LogP contribution in [0.15, 0.2) is 111 Å². The summed E-state index contributed by atoms with van der Waals surface area (Å²) in [6.45, 7) is 16.7. The molecule has 6 heterocycles. The van der Waals surface area contributed by atoms with Gasteiger partial charge in [0.1, 0.15) is 25.1 Å². The van der Waals surface area contributed by atoms with Crippen LogP contribution < -0.4 is 50.1 Å². The molecule has 0 bridgehead atoms. The van der Waals surface area contributed by atoms with E-state index in [-0.39, 0.29) is 72.0 Å². The number of hydrogen-bond acceptors (Lipinski definition) is 15. The van der Waals surface area contributed by atoms with E-state index in [0.717, 1.165) is 62.2 Å². The Bertz CT molecular complexity index is 4360. The number of aryl methyl sites for hydroxylation is 2. The highest BCUT2D eigenvalue weighted by molar-refractivity contribution is 9.10. The molecule has 0 radical (unpaired) electrons. The first-order valence-corrected chi connectivity index (χ1v) is 36.2. The molecule has 0 saturated carbocycles. The van der Waals surface area contributed by atoms with Crippen LogP contribution in [0.5, 0.6) is 0 Å². The summed E-state index contributed by atoms with van der Waals surface area (Å²) in [4.78, 5) is 86.2. The van der Waals surface area contributed by atoms with Crippen LogP contribution in [0.1, 0.15) is 29.2 Å². The van der Waals surface area contributed by atoms with Crippen LogP contribution >= 0.6 is 15.9 Å². The summed E-state index contributed by atoms with van der Waals surface area (Å²) in [5, 5.41) is 13.2. The number of amidine groups is 1. The molecule has 35 heteroatoms. The number of aromatic nitrogens is 10. The smallest absolute Gasteiger partial charge is 0.399 e. The molecule has 0 amide bonds. The van der Waals surface area contributed by atoms with Gasteiger partial charge in [-0.15, -0.1) is 0 Å². The second-order valence-corrected chi connectivity index (χ2v) is 35.2. The second-order valence-electron chi connectivity index (χ2n) is 23.2. The van der Waals surface area contributed by atoms with Crippen molar-refractivity contribution in [3.05, 3.63) is 162 Å². The Morgan fingerprint density at radius 1 is 0.565 bits per heavy atom. The Balaban J connectivity index is 0.000000230. The number of alkyl halides is 9. The molecule has 1 aliphatic heterocycles. The first-order valence-electron chi connectivity index (χ1n) is 27.9. The number of nitrogens with zero attached hydrogens (tertiary/aromatic N) is 11. The molecule has 3 aromatic carbocycles. The van der Waals surface area contributed by atoms with E-state index in [1.54, 1.807) is 18.5 Å². The molecule has 0 saturated heterocycles. The van der Waals surface area contributed by atoms with Crippen LogP contribution in [-0.4, -0.2) is 93.4 Å². The minimum atomic E-state index is -4.50. The number of aliphatic hydroxyl groups excluding tert-OH is 1. The summed E-state index contributed by atoms with van der Waals surface area (Å²) in [6, 6.07) is 15.8. The minimum Gasteiger partial charge on any atom is -0.399 e. The third kappa shape index (κ3) is 19.0. The summed E-state index contributed by atoms with van der Waals surface area (Å²) in [7, 11) is 6.23. The zero-order valence-electron chi connectivity index (χ0n) is 52.6. The van der Waals surface area contributed by atoms with Crippen molar-refractivity contribution in [3.63, 3.8) is 0 Å². The molecule has 23 nitrogen and oxygen atoms in total. The van der Waals surface area contributed by atoms with Crippen LogP contribution in [0.3, 0.4) is 0 Å². The number of anilines is 4. The zero-order valence-corrected chi connectivity index (χ0v) is 56.2. The molecule has 92 heavy (non-hydrogen) atoms. The minimum absolute atomic E-state index is 0.0459. The summed E-state index contributed by atoms with van der Waals surface area (Å²) >= 11 is 3.34. The molecule has 502 valence electrons. The molecule has 5 aromatic heterocycles. The first-order chi connectivity index (χ1) is 42.5. The fourth-order valence-corrected chi connectivity index (χ4v) is 10.4. The van der Waals surface area contributed by atoms with Gasteiger partial charge in [0.15, 0.2) is 27.1 Å². The van der Waals surface area contributed by atoms with Crippen molar-refractivity contribution >= 4 is 89.1 Å². The number of fused-ring (bicyclic) bond motifs is 3. The van der Waals surface area contributed by atoms with Crippen LogP contribution in [-0.2, 0) is 90.2 Å². The highest BCUT2D eigenvalue weighted by Gasteiger charge is 2.33. The van der Waals surface area contributed by atoms with E-state index in [2.05, 4.69) is 80.8 Å². The van der Waals surface area contributed by atoms with E-state index in [1.807, 2.05) is 0 Å². The molecule has 0 atom stereocenters. The van der Waals surface area contributed by atoms with Gasteiger partial charge < -0.3 is 30.9 Å². The number of aliphatic hydroxyl groups is 1. The van der Waals surface area contributed by atoms with E-state index >= 15 is 0 Å². The number of nitrogens with one attached hydrogen (secondary N) is 2. The van der Waals surface area contributed by atoms with Gasteiger partial charge >= 0.3 is 35.6 Å². The van der Waals surface area contributed by atoms with Crippen LogP contribution in [0.25, 0.3) is 22.3 Å². The lowest BCUT2D eigenvalue weighted by Crippen LogP contribution is -2.38. The molecule has 0 unspecified atom stereocenters. The topological polar surface area (TPSA) is 269 Å². The van der Waals surface area contributed by atoms with E-state index in [0.29, 0.717) is 40.5 Å². The Morgan fingerprint density at radius 2 is 0.957 bits per heavy atom. The highest BCUT2D eigenvalue weighted by Crippen LogP contribution is 2.34. The largest absolute Gasteiger partial charge is 0.416 e. The molecular formula is C57H72BrF9N14O9Si2. The van der Waals surface area contributed by atoms with Crippen LogP contribution in [0, 0.1) is 0 Å². The lowest BCUT2D eigenvalue weighted by Gasteiger charge is -2.16. The van der Waals surface area contributed by atoms with Gasteiger partial charge in [-0.05, 0) is 89.5 Å². The average molecular weight is 1400 g/mol. The SMILES string of the molecule is CCO.Cn1c(=O)c2c(nc(Br)n2COCC[Si](C)(C)C)n(C)c1=O.Cn1c(=O)c2c(nc(Nc3cccc(C(F)(F)F)c3)n2COCC[Si](C)(C)C)n(C)c1=O.Cn1c2c(c(=O)n(C)c1=O)CC(Nc1cccc(C(F)(F)F)c1)=N2.Nc1cccc(C(F)(F)F)c1. The van der Waals surface area contributed by atoms with Gasteiger partial charge in [-0.25, -0.2) is 24.4 Å². The maximum absolute atomic E-state index is 13.1. The van der Waals surface area contributed by atoms with E-state index in [4.69, 9.17) is 20.3 Å². The maximum atomic E-state index is 13.1. The van der Waals surface area contributed by atoms with Gasteiger partial charge in [0, 0.05) is 102 Å². The van der Waals surface area contributed by atoms with Gasteiger partial charge in [-0.2, -0.15) is 44.5 Å². The maximum Gasteiger partial charge on any atom is 0.416 e. The van der Waals surface area contributed by atoms with Crippen LogP contribution in [0.2, 0.25) is 51.4 Å². The molecular weight excluding hydrogens is 1330 g/mol. The van der Waals surface area contributed by atoms with E-state index in [9.17, 15) is 68.3 Å². The first kappa shape index (κ1) is 74.6. The second kappa shape index (κ2) is 30.1. The van der Waals surface area contributed by atoms with Gasteiger partial charge in [0.05, 0.1) is 22.3 Å². The number of halogens is 10. The molecule has 0 aliphatic carbocycles. The van der Waals surface area contributed by atoms with Gasteiger partial charge in [-0.1, -0.05) is 57.5 Å². The third-order valence-electron chi connectivity index (χ3n) is 13.5. The molecule has 8 aromatic rings. The van der Waals surface area contributed by atoms with Crippen molar-refractivity contribution in [2.75, 3.05) is 36.2 Å². The molecule has 9 rings (SSSR count). The number of aliphatic imine (C=N–C) groups is 1. The highest BCUT2D eigenvalue weighted by atomic mass is 79.9. The number of nitrogens with two attached hydrogens (primary N) is 1. The van der Waals surface area contributed by atoms with Crippen molar-refractivity contribution in [1.29, 1.82) is 0 Å². The van der Waals surface area contributed by atoms with E-state index in [1.165, 1.54) is 89.9 Å². The standard InChI is InChI=1S/C20H26F3N5O3Si.C15H13F3N4O2.C13H21BrN4O3Si.C7H6F3N.C2H6O/c1-26-16-15(17(29)27(2)19(26)30)28(12-31-9-10-32(3,4)5)18(25-16)24-14-8-6-7-13(11-14)20(21,22)23;1-21-12-10(13(23)22(2)14(21)24)7-11(20-12)19-9-5-3-4-8(6-9)15(16,17)18;1-16-10-9(11(19)17(2)13(16)20)18(12(14)15-10)8-21-6-7-22(3,4)5;8-7(9,10)5-2-1-3-6(11)4-5;1-2-3/h6-8,11H,9-10,12H2,1-5H3,(H,24,25);3-6H,7H2,1-2H3,(H,19,20);6-8H2,1-5H3;1-4H,11H2;3H,2H2,1H3. The molecule has 5 N–H and O–H groups in total. The fraction of sp³-hybridized carbons (Fsp3) is 0.421. The Kier molecular flexibility index (Phi) is 24.4. The lowest BCUT2D eigenvalue weighted by molar-refractivity contribution is -0.138. The summed E-state index contributed by atoms with van der Waals surface area (Å²) in [5.74, 6) is 0.630. The van der Waals surface area contributed by atoms with Crippen molar-refractivity contribution < 1.29 is 54.1 Å². The van der Waals surface area contributed by atoms with Crippen molar-refractivity contribution in [2.45, 2.75) is 96.7 Å². The van der Waals surface area contributed by atoms with Crippen LogP contribution in [0.4, 0.5) is 68.3 Å². The molecule has 0 fully saturated rings. The van der Waals surface area contributed by atoms with Gasteiger partial charge in [-0.3, -0.25) is 50.9 Å². The summed E-state index contributed by atoms with van der Waals surface area (Å²) < 4.78 is 135. The Labute approximate surface area is 530 Å². The number of nitrogen functional groups attached to an aromatic ring is 1. The predicted octanol–water partition coefficient (Wildman–Crippen LogP) is 9.10. The summed E-state index contributed by atoms with van der Waals surface area (Å²) in [5.41, 5.74) is 1.73. The van der Waals surface area contributed by atoms with E-state index < -0.39 is 79.6 Å². The normalized spacial score (nSPS) is 12.4. The molecule has 0 spiro atoms. The number of rotatable bonds is 13. The monoisotopic (exact) mass is 1400 g/mol. The van der Waals surface area contributed by atoms with Crippen molar-refractivity contribution in [3.8, 4) is 0 Å². The zero-order chi connectivity index (χ0) is 69.3. The van der Waals surface area contributed by atoms with Gasteiger partial charge in [0.2, 0.25) is 5.95 Å². The Morgan fingerprint density at radius 3 is 1.39 bits per heavy atom. The number of benzene rings is 3. The van der Waals surface area contributed by atoms with Crippen molar-refractivity contribution in [2.24, 2.45) is 47.3 Å². The summed E-state index contributed by atoms with van der Waals surface area (Å²) in [6.07, 6.45) is -13.1. The number of imidazole rings is 2. The number of hydrogen-bond donors (Lipinski definition) is 4. The average Bonchev–Trinajstić information content (AvgIpc) is 1.61. The third-order valence-corrected chi connectivity index (χ3v) is 17.5. The van der Waals surface area contributed by atoms with Gasteiger partial charge in [0.25, 0.3) is 16.7 Å². The quantitative estimate of drug-likeness (QED) is 0.0276. The van der Waals surface area contributed by atoms with Crippen molar-refractivity contribution in [1.82, 2.24) is 46.5 Å². The fourth-order valence-electron chi connectivity index (χ4n) is 8.44.